The van der Waals surface area contributed by atoms with Crippen LogP contribution in [-0.2, 0) is 16.0 Å². The van der Waals surface area contributed by atoms with Crippen LogP contribution in [0.1, 0.15) is 58.2 Å². The van der Waals surface area contributed by atoms with Crippen molar-refractivity contribution in [2.24, 2.45) is 0 Å². The molecule has 1 aromatic heterocycles. The second-order valence-corrected chi connectivity index (χ2v) is 10.9. The predicted molar refractivity (Wildman–Crippen MR) is 152 cm³/mol. The summed E-state index contributed by atoms with van der Waals surface area (Å²) < 4.78 is 32.4. The number of aryl methyl sites for hydroxylation is 3. The lowest BCUT2D eigenvalue weighted by Gasteiger charge is -2.19. The van der Waals surface area contributed by atoms with Crippen molar-refractivity contribution in [2.45, 2.75) is 52.1 Å². The van der Waals surface area contributed by atoms with Crippen molar-refractivity contribution in [3.8, 4) is 33.8 Å². The third kappa shape index (κ3) is 4.72. The van der Waals surface area contributed by atoms with E-state index in [4.69, 9.17) is 14.2 Å². The quantitative estimate of drug-likeness (QED) is 0.237. The molecule has 0 unspecified atom stereocenters. The molecule has 3 aromatic carbocycles. The molecule has 2 heterocycles. The zero-order valence-corrected chi connectivity index (χ0v) is 23.2. The van der Waals surface area contributed by atoms with E-state index in [1.54, 1.807) is 6.07 Å². The topological polar surface area (TPSA) is 57.7 Å². The first-order chi connectivity index (χ1) is 19.3. The molecule has 0 saturated carbocycles. The number of pyridine rings is 1. The molecule has 0 spiro atoms. The van der Waals surface area contributed by atoms with Crippen LogP contribution >= 0.6 is 0 Å². The Kier molecular flexibility index (Phi) is 6.78. The van der Waals surface area contributed by atoms with Gasteiger partial charge in [-0.3, -0.25) is 9.78 Å². The maximum absolute atomic E-state index is 15.3. The largest absolute Gasteiger partial charge is 0.492 e. The first-order valence-corrected chi connectivity index (χ1v) is 13.7. The molecule has 0 fully saturated rings. The van der Waals surface area contributed by atoms with Gasteiger partial charge < -0.3 is 14.2 Å². The zero-order chi connectivity index (χ0) is 28.0. The highest BCUT2D eigenvalue weighted by molar-refractivity contribution is 5.79. The van der Waals surface area contributed by atoms with Gasteiger partial charge in [-0.25, -0.2) is 4.39 Å². The van der Waals surface area contributed by atoms with Gasteiger partial charge in [0.2, 0.25) is 0 Å². The van der Waals surface area contributed by atoms with Gasteiger partial charge in [-0.05, 0) is 90.8 Å². The molecule has 0 radical (unpaired) electrons. The molecule has 0 amide bonds. The Hall–Kier alpha value is -4.19. The lowest BCUT2D eigenvalue weighted by atomic mass is 9.88. The van der Waals surface area contributed by atoms with Gasteiger partial charge in [0.1, 0.15) is 23.4 Å². The summed E-state index contributed by atoms with van der Waals surface area (Å²) in [6.07, 6.45) is 5.06. The Balaban J connectivity index is 1.29. The molecule has 6 heteroatoms. The van der Waals surface area contributed by atoms with Crippen molar-refractivity contribution >= 4 is 5.97 Å². The maximum atomic E-state index is 15.3. The fourth-order valence-corrected chi connectivity index (χ4v) is 6.24. The Morgan fingerprint density at radius 1 is 1.02 bits per heavy atom. The number of benzene rings is 3. The second-order valence-electron chi connectivity index (χ2n) is 10.9. The fraction of sp³-hybridized carbons (Fsp3) is 0.294. The summed E-state index contributed by atoms with van der Waals surface area (Å²) in [6.45, 7) is 6.70. The van der Waals surface area contributed by atoms with E-state index < -0.39 is 6.10 Å². The number of nitrogens with zero attached hydrogens (tertiary/aromatic N) is 1. The Labute approximate surface area is 233 Å². The number of aromatic nitrogens is 1. The standard InChI is InChI=1S/C34H32FNO4/c1-19-11-23(17-36-16-19)22-12-20(2)33(21(3)13-22)27-7-9-29(35)34-28(27)8-10-30(34)40-25-5-6-26-24(14-32(37)38-4)18-39-31(26)15-25/h5-7,9,11-13,15-17,24,30H,8,10,14,18H2,1-4H3/t24-,30-/m1/s1. The van der Waals surface area contributed by atoms with E-state index in [0.29, 0.717) is 30.1 Å². The molecule has 1 aliphatic carbocycles. The summed E-state index contributed by atoms with van der Waals surface area (Å²) in [6, 6.07) is 15.7. The van der Waals surface area contributed by atoms with Crippen LogP contribution in [0.25, 0.3) is 22.3 Å². The van der Waals surface area contributed by atoms with Gasteiger partial charge in [-0.2, -0.15) is 0 Å². The summed E-state index contributed by atoms with van der Waals surface area (Å²) >= 11 is 0. The summed E-state index contributed by atoms with van der Waals surface area (Å²) in [4.78, 5) is 16.1. The molecular formula is C34H32FNO4. The summed E-state index contributed by atoms with van der Waals surface area (Å²) in [5, 5.41) is 0. The highest BCUT2D eigenvalue weighted by atomic mass is 19.1. The summed E-state index contributed by atoms with van der Waals surface area (Å²) in [5.74, 6) is 0.791. The molecule has 0 N–H and O–H groups in total. The molecule has 4 aromatic rings. The Morgan fingerprint density at radius 3 is 2.58 bits per heavy atom. The molecule has 0 bridgehead atoms. The number of methoxy groups -OCH3 is 1. The van der Waals surface area contributed by atoms with Crippen LogP contribution in [-0.4, -0.2) is 24.7 Å². The van der Waals surface area contributed by atoms with E-state index in [1.807, 2.05) is 43.6 Å². The van der Waals surface area contributed by atoms with Gasteiger partial charge in [0.15, 0.2) is 0 Å². The normalized spacial score (nSPS) is 17.2. The smallest absolute Gasteiger partial charge is 0.306 e. The molecular weight excluding hydrogens is 505 g/mol. The van der Waals surface area contributed by atoms with E-state index in [0.717, 1.165) is 56.5 Å². The Morgan fingerprint density at radius 2 is 1.82 bits per heavy atom. The first kappa shape index (κ1) is 26.1. The van der Waals surface area contributed by atoms with Gasteiger partial charge in [0.25, 0.3) is 0 Å². The van der Waals surface area contributed by atoms with Gasteiger partial charge in [-0.1, -0.05) is 24.3 Å². The van der Waals surface area contributed by atoms with Crippen LogP contribution in [0, 0.1) is 26.6 Å². The van der Waals surface area contributed by atoms with Crippen LogP contribution in [0.2, 0.25) is 0 Å². The van der Waals surface area contributed by atoms with Crippen molar-refractivity contribution in [2.75, 3.05) is 13.7 Å². The molecule has 2 atom stereocenters. The number of hydrogen-bond acceptors (Lipinski definition) is 5. The molecule has 5 nitrogen and oxygen atoms in total. The third-order valence-corrected chi connectivity index (χ3v) is 8.08. The van der Waals surface area contributed by atoms with E-state index in [-0.39, 0.29) is 24.1 Å². The number of hydrogen-bond donors (Lipinski definition) is 0. The monoisotopic (exact) mass is 537 g/mol. The van der Waals surface area contributed by atoms with Crippen molar-refractivity contribution in [3.05, 3.63) is 100 Å². The average molecular weight is 538 g/mol. The van der Waals surface area contributed by atoms with E-state index in [9.17, 15) is 4.79 Å². The SMILES string of the molecule is COC(=O)C[C@@H]1COc2cc(O[C@@H]3CCc4c(-c5c(C)cc(-c6cncc(C)c6)cc5C)ccc(F)c43)ccc21. The van der Waals surface area contributed by atoms with Crippen LogP contribution in [0.4, 0.5) is 4.39 Å². The van der Waals surface area contributed by atoms with E-state index >= 15 is 4.39 Å². The number of carbonyl (C=O) groups is 1. The van der Waals surface area contributed by atoms with E-state index in [2.05, 4.69) is 37.0 Å². The Bertz CT molecular complexity index is 1610. The molecule has 0 saturated heterocycles. The lowest BCUT2D eigenvalue weighted by molar-refractivity contribution is -0.141. The number of ether oxygens (including phenoxy) is 3. The van der Waals surface area contributed by atoms with Gasteiger partial charge >= 0.3 is 5.97 Å². The first-order valence-electron chi connectivity index (χ1n) is 13.7. The van der Waals surface area contributed by atoms with Gasteiger partial charge in [0.05, 0.1) is 20.1 Å². The minimum absolute atomic E-state index is 0.0382. The predicted octanol–water partition coefficient (Wildman–Crippen LogP) is 7.59. The van der Waals surface area contributed by atoms with Crippen molar-refractivity contribution < 1.29 is 23.4 Å². The third-order valence-electron chi connectivity index (χ3n) is 8.08. The number of rotatable bonds is 6. The van der Waals surface area contributed by atoms with Crippen LogP contribution in [0.3, 0.4) is 0 Å². The highest BCUT2D eigenvalue weighted by Crippen LogP contribution is 2.45. The molecule has 204 valence electrons. The maximum Gasteiger partial charge on any atom is 0.306 e. The number of halogens is 1. The van der Waals surface area contributed by atoms with Crippen molar-refractivity contribution in [1.82, 2.24) is 4.98 Å². The van der Waals surface area contributed by atoms with Gasteiger partial charge in [0, 0.05) is 41.1 Å². The molecule has 40 heavy (non-hydrogen) atoms. The van der Waals surface area contributed by atoms with Crippen LogP contribution < -0.4 is 9.47 Å². The number of esters is 1. The average Bonchev–Trinajstić information content (AvgIpc) is 3.54. The fourth-order valence-electron chi connectivity index (χ4n) is 6.24. The summed E-state index contributed by atoms with van der Waals surface area (Å²) in [7, 11) is 1.39. The molecule has 1 aliphatic heterocycles. The minimum Gasteiger partial charge on any atom is -0.492 e. The van der Waals surface area contributed by atoms with E-state index in [1.165, 1.54) is 7.11 Å². The van der Waals surface area contributed by atoms with Crippen molar-refractivity contribution in [1.29, 1.82) is 0 Å². The van der Waals surface area contributed by atoms with Gasteiger partial charge in [-0.15, -0.1) is 0 Å². The number of fused-ring (bicyclic) bond motifs is 2. The minimum atomic E-state index is -0.390. The van der Waals surface area contributed by atoms with Crippen LogP contribution in [0.5, 0.6) is 11.5 Å². The highest BCUT2D eigenvalue weighted by Gasteiger charge is 2.32. The molecule has 2 aliphatic rings. The zero-order valence-electron chi connectivity index (χ0n) is 23.2. The molecule has 6 rings (SSSR count). The lowest BCUT2D eigenvalue weighted by Crippen LogP contribution is -2.09. The van der Waals surface area contributed by atoms with Crippen molar-refractivity contribution in [3.63, 3.8) is 0 Å². The summed E-state index contributed by atoms with van der Waals surface area (Å²) in [5.41, 5.74) is 10.4. The van der Waals surface area contributed by atoms with Crippen LogP contribution in [0.15, 0.2) is 60.9 Å². The number of carbonyl (C=O) groups excluding carboxylic acids is 1. The second kappa shape index (κ2) is 10.4.